The Morgan fingerprint density at radius 1 is 0.292 bits per heavy atom. The number of hydrogen-bond donors (Lipinski definition) is 0. The molecule has 0 saturated heterocycles. The molecular weight excluding hydrogens is 1080 g/mol. The van der Waals surface area contributed by atoms with Crippen LogP contribution in [0.5, 0.6) is 0 Å². The molecule has 0 bridgehead atoms. The van der Waals surface area contributed by atoms with Crippen LogP contribution in [-0.2, 0) is 5.41 Å². The molecule has 2 aromatic heterocycles. The fourth-order valence-electron chi connectivity index (χ4n) is 14.9. The first-order valence-electron chi connectivity index (χ1n) is 31.2. The molecule has 0 unspecified atom stereocenters. The summed E-state index contributed by atoms with van der Waals surface area (Å²) in [5.74, 6) is 0. The summed E-state index contributed by atoms with van der Waals surface area (Å²) in [5.41, 5.74) is 30.4. The zero-order valence-electron chi connectivity index (χ0n) is 50.6. The molecule has 0 N–H and O–H groups in total. The highest BCUT2D eigenvalue weighted by molar-refractivity contribution is 7.00. The first kappa shape index (κ1) is 52.5. The van der Waals surface area contributed by atoms with Crippen molar-refractivity contribution in [3.05, 3.63) is 308 Å². The summed E-state index contributed by atoms with van der Waals surface area (Å²) in [5, 5.41) is 4.99. The summed E-state index contributed by atoms with van der Waals surface area (Å²) in [7, 11) is 0. The average molecular weight is 1140 g/mol. The third kappa shape index (κ3) is 8.29. The Labute approximate surface area is 520 Å². The minimum absolute atomic E-state index is 0.158. The molecule has 2 aliphatic rings. The Kier molecular flexibility index (Phi) is 12.0. The molecule has 0 spiro atoms. The lowest BCUT2D eigenvalue weighted by atomic mass is 9.33. The van der Waals surface area contributed by atoms with Gasteiger partial charge in [-0.1, -0.05) is 238 Å². The average Bonchev–Trinajstić information content (AvgIpc) is 1.85. The van der Waals surface area contributed by atoms with Crippen molar-refractivity contribution in [1.82, 2.24) is 9.13 Å². The van der Waals surface area contributed by atoms with Crippen molar-refractivity contribution in [2.45, 2.75) is 40.0 Å². The molecule has 2 aliphatic heterocycles. The second-order valence-corrected chi connectivity index (χ2v) is 25.4. The summed E-state index contributed by atoms with van der Waals surface area (Å²) in [4.78, 5) is 5.32. The number of aryl methyl sites for hydroxylation is 2. The van der Waals surface area contributed by atoms with Gasteiger partial charge in [0.1, 0.15) is 0 Å². The lowest BCUT2D eigenvalue weighted by Crippen LogP contribution is -2.61. The molecule has 0 amide bonds. The summed E-state index contributed by atoms with van der Waals surface area (Å²) >= 11 is 0. The molecule has 422 valence electrons. The van der Waals surface area contributed by atoms with E-state index < -0.39 is 0 Å². The van der Waals surface area contributed by atoms with Gasteiger partial charge in [-0.05, 0) is 148 Å². The minimum Gasteiger partial charge on any atom is -0.310 e. The second kappa shape index (κ2) is 20.4. The SMILES string of the molecule is Cc1ccc2c(c1)c1ccccc1n2-c1ccc2c(c1)N(c1c(-c3ccccc3)cccc1-c1ccccc1)c1cccc3c1B2c1ccc(-n2c4ccccc4c4cc(C)ccc42)cc1N3c1c(-c2ccccc2)cc(C(C)(C)C)cc1-c1ccccc1. The molecule has 0 radical (unpaired) electrons. The molecule has 0 aliphatic carbocycles. The van der Waals surface area contributed by atoms with Crippen molar-refractivity contribution in [1.29, 1.82) is 0 Å². The van der Waals surface area contributed by atoms with Crippen LogP contribution in [0.4, 0.5) is 34.1 Å². The van der Waals surface area contributed by atoms with Gasteiger partial charge in [0.2, 0.25) is 0 Å². The Morgan fingerprint density at radius 3 is 1.09 bits per heavy atom. The van der Waals surface area contributed by atoms with E-state index in [1.807, 2.05) is 0 Å². The molecule has 4 nitrogen and oxygen atoms in total. The maximum atomic E-state index is 2.67. The van der Waals surface area contributed by atoms with Crippen LogP contribution in [0.2, 0.25) is 0 Å². The standard InChI is InChI=1S/C84H63BN4/c1-54-40-46-75-69(48-54)65-32-18-20-36-73(65)86(75)61-42-44-71-79(52-61)88(82-63(56-24-10-6-11-25-56)34-22-35-64(82)57-26-12-7-13-27-57)77-38-23-39-78-81(77)85(71)72-45-43-62(87-74-37-21-19-33-66(74)70-49-55(2)41-47-76(70)87)53-80(72)89(78)83-67(58-28-14-8-15-29-58)50-60(84(3,4)5)51-68(83)59-30-16-9-17-31-59/h6-53H,1-5H3. The highest BCUT2D eigenvalue weighted by Crippen LogP contribution is 2.54. The fourth-order valence-corrected chi connectivity index (χ4v) is 14.9. The van der Waals surface area contributed by atoms with Crippen LogP contribution in [-0.4, -0.2) is 15.8 Å². The molecule has 0 atom stereocenters. The Hall–Kier alpha value is -10.9. The van der Waals surface area contributed by atoms with Crippen molar-refractivity contribution in [2.75, 3.05) is 9.80 Å². The van der Waals surface area contributed by atoms with E-state index in [9.17, 15) is 0 Å². The van der Waals surface area contributed by atoms with E-state index in [1.165, 1.54) is 87.8 Å². The number of anilines is 6. The fraction of sp³-hybridized carbons (Fsp3) is 0.0714. The molecule has 5 heteroatoms. The first-order valence-corrected chi connectivity index (χ1v) is 31.2. The third-order valence-corrected chi connectivity index (χ3v) is 18.9. The number of nitrogens with zero attached hydrogens (tertiary/aromatic N) is 4. The van der Waals surface area contributed by atoms with Gasteiger partial charge in [-0.2, -0.15) is 0 Å². The summed E-state index contributed by atoms with van der Waals surface area (Å²) in [6.07, 6.45) is 0. The van der Waals surface area contributed by atoms with E-state index in [1.54, 1.807) is 0 Å². The van der Waals surface area contributed by atoms with Crippen molar-refractivity contribution in [2.24, 2.45) is 0 Å². The summed E-state index contributed by atoms with van der Waals surface area (Å²) in [6, 6.07) is 110. The normalized spacial score (nSPS) is 12.7. The van der Waals surface area contributed by atoms with E-state index >= 15 is 0 Å². The molecule has 13 aromatic carbocycles. The molecule has 15 aromatic rings. The molecule has 0 saturated carbocycles. The van der Waals surface area contributed by atoms with Gasteiger partial charge in [-0.15, -0.1) is 0 Å². The third-order valence-electron chi connectivity index (χ3n) is 18.9. The summed E-state index contributed by atoms with van der Waals surface area (Å²) < 4.78 is 4.98. The van der Waals surface area contributed by atoms with E-state index in [0.29, 0.717) is 0 Å². The van der Waals surface area contributed by atoms with Crippen molar-refractivity contribution in [3.63, 3.8) is 0 Å². The van der Waals surface area contributed by atoms with Crippen LogP contribution in [0.15, 0.2) is 291 Å². The van der Waals surface area contributed by atoms with Gasteiger partial charge in [0.25, 0.3) is 6.71 Å². The highest BCUT2D eigenvalue weighted by atomic mass is 15.2. The lowest BCUT2D eigenvalue weighted by molar-refractivity contribution is 0.591. The van der Waals surface area contributed by atoms with Gasteiger partial charge in [-0.25, -0.2) is 0 Å². The van der Waals surface area contributed by atoms with Crippen molar-refractivity contribution >= 4 is 101 Å². The molecule has 17 rings (SSSR count). The van der Waals surface area contributed by atoms with Gasteiger partial charge in [0, 0.05) is 77.9 Å². The van der Waals surface area contributed by atoms with E-state index in [4.69, 9.17) is 0 Å². The predicted octanol–water partition coefficient (Wildman–Crippen LogP) is 20.5. The highest BCUT2D eigenvalue weighted by Gasteiger charge is 2.45. The van der Waals surface area contributed by atoms with Gasteiger partial charge in [0.05, 0.1) is 33.4 Å². The Morgan fingerprint density at radius 2 is 0.663 bits per heavy atom. The number of benzene rings is 13. The number of aromatic nitrogens is 2. The topological polar surface area (TPSA) is 16.3 Å². The van der Waals surface area contributed by atoms with Crippen LogP contribution in [0.1, 0.15) is 37.5 Å². The lowest BCUT2D eigenvalue weighted by Gasteiger charge is -2.46. The largest absolute Gasteiger partial charge is 0.310 e. The van der Waals surface area contributed by atoms with Crippen molar-refractivity contribution < 1.29 is 0 Å². The van der Waals surface area contributed by atoms with Crippen LogP contribution in [0.25, 0.3) is 99.5 Å². The van der Waals surface area contributed by atoms with Gasteiger partial charge in [-0.3, -0.25) is 0 Å². The maximum Gasteiger partial charge on any atom is 0.252 e. The van der Waals surface area contributed by atoms with Crippen molar-refractivity contribution in [3.8, 4) is 55.9 Å². The maximum absolute atomic E-state index is 2.67. The zero-order valence-corrected chi connectivity index (χ0v) is 50.6. The quantitative estimate of drug-likeness (QED) is 0.141. The number of fused-ring (bicyclic) bond motifs is 10. The van der Waals surface area contributed by atoms with E-state index in [-0.39, 0.29) is 12.1 Å². The molecule has 0 fully saturated rings. The number of rotatable bonds is 8. The van der Waals surface area contributed by atoms with Crippen LogP contribution in [0, 0.1) is 13.8 Å². The second-order valence-electron chi connectivity index (χ2n) is 25.4. The monoisotopic (exact) mass is 1140 g/mol. The minimum atomic E-state index is -0.179. The smallest absolute Gasteiger partial charge is 0.252 e. The molecule has 89 heavy (non-hydrogen) atoms. The molecular formula is C84H63BN4. The van der Waals surface area contributed by atoms with Gasteiger partial charge in [0.15, 0.2) is 0 Å². The number of para-hydroxylation sites is 3. The Balaban J connectivity index is 1.03. The Bertz CT molecular complexity index is 5210. The number of hydrogen-bond acceptors (Lipinski definition) is 2. The van der Waals surface area contributed by atoms with E-state index in [0.717, 1.165) is 78.9 Å². The van der Waals surface area contributed by atoms with Crippen LogP contribution < -0.4 is 26.2 Å². The van der Waals surface area contributed by atoms with E-state index in [2.05, 4.69) is 345 Å². The van der Waals surface area contributed by atoms with Crippen LogP contribution in [0.3, 0.4) is 0 Å². The first-order chi connectivity index (χ1) is 43.6. The van der Waals surface area contributed by atoms with Gasteiger partial charge < -0.3 is 18.9 Å². The van der Waals surface area contributed by atoms with Gasteiger partial charge >= 0.3 is 0 Å². The zero-order chi connectivity index (χ0) is 59.6. The predicted molar refractivity (Wildman–Crippen MR) is 379 cm³/mol. The molecule has 4 heterocycles. The summed E-state index contributed by atoms with van der Waals surface area (Å²) in [6.45, 7) is 11.3. The van der Waals surface area contributed by atoms with Crippen LogP contribution >= 0.6 is 0 Å².